The number of anilines is 1. The Hall–Kier alpha value is -4.40. The predicted molar refractivity (Wildman–Crippen MR) is 177 cm³/mol. The molecular formula is C35H36ClF2N7O2. The quantitative estimate of drug-likeness (QED) is 0.328. The molecule has 9 nitrogen and oxygen atoms in total. The van der Waals surface area contributed by atoms with Crippen LogP contribution in [0.5, 0.6) is 6.01 Å². The zero-order valence-electron chi connectivity index (χ0n) is 26.3. The molecule has 6 rings (SSSR count). The van der Waals surface area contributed by atoms with Gasteiger partial charge in [0.15, 0.2) is 11.6 Å². The first-order valence-corrected chi connectivity index (χ1v) is 16.1. The Labute approximate surface area is 277 Å². The maximum atomic E-state index is 16.7. The van der Waals surface area contributed by atoms with Gasteiger partial charge in [0.1, 0.15) is 23.6 Å². The largest absolute Gasteiger partial charge is 0.461 e. The number of carbonyl (C=O) groups excluding carboxylic acids is 1. The summed E-state index contributed by atoms with van der Waals surface area (Å²) in [7, 11) is 0. The first kappa shape index (κ1) is 32.5. The molecule has 0 aliphatic carbocycles. The van der Waals surface area contributed by atoms with Crippen LogP contribution in [0.2, 0.25) is 5.02 Å². The zero-order valence-corrected chi connectivity index (χ0v) is 27.1. The molecule has 1 amide bonds. The van der Waals surface area contributed by atoms with Crippen LogP contribution in [0.25, 0.3) is 22.6 Å². The lowest BCUT2D eigenvalue weighted by atomic mass is 9.95. The van der Waals surface area contributed by atoms with Gasteiger partial charge in [0.2, 0.25) is 0 Å². The van der Waals surface area contributed by atoms with Crippen molar-refractivity contribution < 1.29 is 18.3 Å². The van der Waals surface area contributed by atoms with Crippen molar-refractivity contribution in [2.24, 2.45) is 0 Å². The Balaban J connectivity index is 1.47. The fourth-order valence-corrected chi connectivity index (χ4v) is 7.64. The molecule has 0 radical (unpaired) electrons. The van der Waals surface area contributed by atoms with E-state index in [0.29, 0.717) is 33.6 Å². The molecule has 2 aromatic heterocycles. The van der Waals surface area contributed by atoms with E-state index in [0.717, 1.165) is 44.0 Å². The first-order valence-electron chi connectivity index (χ1n) is 15.8. The average molecular weight is 660 g/mol. The van der Waals surface area contributed by atoms with Crippen LogP contribution in [-0.4, -0.2) is 81.6 Å². The molecule has 0 unspecified atom stereocenters. The van der Waals surface area contributed by atoms with E-state index in [1.807, 2.05) is 17.0 Å². The summed E-state index contributed by atoms with van der Waals surface area (Å²) in [6.45, 7) is 11.6. The fraction of sp³-hybridized carbons (Fsp3) is 0.400. The first-order chi connectivity index (χ1) is 22.7. The van der Waals surface area contributed by atoms with Gasteiger partial charge in [-0.15, -0.1) is 0 Å². The number of ether oxygens (including phenoxy) is 1. The average Bonchev–Trinajstić information content (AvgIpc) is 3.64. The molecule has 1 aromatic carbocycles. The van der Waals surface area contributed by atoms with Crippen molar-refractivity contribution in [2.45, 2.75) is 50.6 Å². The van der Waals surface area contributed by atoms with Gasteiger partial charge in [-0.2, -0.15) is 15.2 Å². The number of rotatable bonds is 8. The molecule has 3 fully saturated rings. The number of carbonyl (C=O) groups is 1. The number of aromatic nitrogens is 3. The maximum absolute atomic E-state index is 16.7. The van der Waals surface area contributed by atoms with E-state index in [1.165, 1.54) is 11.1 Å². The van der Waals surface area contributed by atoms with Gasteiger partial charge in [-0.05, 0) is 62.6 Å². The smallest absolute Gasteiger partial charge is 0.319 e. The van der Waals surface area contributed by atoms with E-state index in [2.05, 4.69) is 34.1 Å². The van der Waals surface area contributed by atoms with Crippen LogP contribution in [0.15, 0.2) is 49.5 Å². The Morgan fingerprint density at radius 2 is 2.00 bits per heavy atom. The minimum Gasteiger partial charge on any atom is -0.461 e. The second-order valence-corrected chi connectivity index (χ2v) is 12.7. The van der Waals surface area contributed by atoms with E-state index in [1.54, 1.807) is 25.1 Å². The monoisotopic (exact) mass is 659 g/mol. The predicted octanol–water partition coefficient (Wildman–Crippen LogP) is 4.42. The van der Waals surface area contributed by atoms with Crippen molar-refractivity contribution in [1.29, 1.82) is 5.26 Å². The number of hydrogen-bond acceptors (Lipinski definition) is 8. The number of fused-ring (bicyclic) bond motifs is 2. The lowest BCUT2D eigenvalue weighted by Gasteiger charge is -2.41. The normalized spacial score (nSPS) is 20.2. The second-order valence-electron chi connectivity index (χ2n) is 12.3. The minimum absolute atomic E-state index is 0.0235. The summed E-state index contributed by atoms with van der Waals surface area (Å²) in [6, 6.07) is 6.89. The summed E-state index contributed by atoms with van der Waals surface area (Å²) in [5.74, 6) is -2.24. The number of hydrogen-bond donors (Lipinski definition) is 0. The summed E-state index contributed by atoms with van der Waals surface area (Å²) in [5.41, 5.74) is 0.529. The molecule has 12 heteroatoms. The van der Waals surface area contributed by atoms with Gasteiger partial charge in [-0.1, -0.05) is 49.0 Å². The van der Waals surface area contributed by atoms with Crippen molar-refractivity contribution in [3.8, 4) is 12.1 Å². The summed E-state index contributed by atoms with van der Waals surface area (Å²) < 4.78 is 36.9. The van der Waals surface area contributed by atoms with Gasteiger partial charge in [0, 0.05) is 36.1 Å². The lowest BCUT2D eigenvalue weighted by Crippen LogP contribution is -2.55. The van der Waals surface area contributed by atoms with Gasteiger partial charge in [-0.25, -0.2) is 8.78 Å². The molecule has 47 heavy (non-hydrogen) atoms. The molecule has 3 aliphatic rings. The number of pyridine rings is 1. The van der Waals surface area contributed by atoms with Crippen LogP contribution in [0, 0.1) is 17.1 Å². The van der Waals surface area contributed by atoms with E-state index >= 15 is 4.39 Å². The molecule has 0 N–H and O–H groups in total. The molecule has 1 atom stereocenters. The number of nitriles is 1. The molecule has 5 heterocycles. The maximum Gasteiger partial charge on any atom is 0.319 e. The Morgan fingerprint density at radius 1 is 1.23 bits per heavy atom. The molecule has 0 saturated carbocycles. The van der Waals surface area contributed by atoms with Crippen molar-refractivity contribution in [3.05, 3.63) is 76.4 Å². The van der Waals surface area contributed by atoms with Crippen molar-refractivity contribution in [3.63, 3.8) is 0 Å². The second kappa shape index (κ2) is 13.4. The summed E-state index contributed by atoms with van der Waals surface area (Å²) >= 11 is 6.61. The molecule has 0 spiro atoms. The van der Waals surface area contributed by atoms with Crippen molar-refractivity contribution in [2.75, 3.05) is 44.2 Å². The molecule has 0 bridgehead atoms. The van der Waals surface area contributed by atoms with Crippen LogP contribution >= 0.6 is 11.6 Å². The van der Waals surface area contributed by atoms with Gasteiger partial charge in [0.05, 0.1) is 29.5 Å². The molecule has 3 aliphatic heterocycles. The third kappa shape index (κ3) is 6.08. The Morgan fingerprint density at radius 3 is 2.70 bits per heavy atom. The van der Waals surface area contributed by atoms with Gasteiger partial charge >= 0.3 is 6.01 Å². The van der Waals surface area contributed by atoms with E-state index < -0.39 is 23.6 Å². The number of benzene rings is 1. The highest BCUT2D eigenvalue weighted by Crippen LogP contribution is 2.39. The third-order valence-electron chi connectivity index (χ3n) is 9.60. The number of amides is 1. The van der Waals surface area contributed by atoms with Crippen molar-refractivity contribution in [1.82, 2.24) is 24.8 Å². The summed E-state index contributed by atoms with van der Waals surface area (Å²) in [5, 5.41) is 11.7. The highest BCUT2D eigenvalue weighted by Gasteiger charge is 2.45. The Bertz CT molecular complexity index is 1920. The zero-order chi connectivity index (χ0) is 33.3. The van der Waals surface area contributed by atoms with Crippen LogP contribution in [-0.2, 0) is 4.79 Å². The molecule has 3 saturated heterocycles. The van der Waals surface area contributed by atoms with Crippen molar-refractivity contribution >= 4 is 45.9 Å². The topological polar surface area (TPSA) is 98.5 Å². The molecule has 3 aromatic rings. The SMILES string of the molecule is C=C/C=c1/cccc(Cl)/c1=C(/C)c1ncc2c(N3CCN(C(=O)C(=C)F)[C@@H](CC#N)C3)nc(OCC34CCCN3CCC4)nc2c1F. The number of nitrogens with zero attached hydrogens (tertiary/aromatic N) is 7. The standard InChI is InChI=1S/C35H36ClF2N7O2/c1-4-8-24-9-5-10-27(36)28(24)22(2)30-29(38)31-26(19-40-30)32(43-17-18-45(33(46)23(3)37)25(20-43)11-14-39)42-34(41-31)47-21-35-12-6-15-44(35)16-7-13-35/h4-5,8-10,19,25H,1,3,6-7,11-13,15-18,20-21H2,2H3/b24-8-,28-22-/t25-/m0/s1. The van der Waals surface area contributed by atoms with Crippen LogP contribution < -0.4 is 20.1 Å². The number of allylic oxidation sites excluding steroid dienone is 1. The van der Waals surface area contributed by atoms with Gasteiger partial charge in [0.25, 0.3) is 5.91 Å². The summed E-state index contributed by atoms with van der Waals surface area (Å²) in [4.78, 5) is 32.1. The number of halogens is 3. The lowest BCUT2D eigenvalue weighted by molar-refractivity contribution is -0.131. The highest BCUT2D eigenvalue weighted by molar-refractivity contribution is 6.30. The van der Waals surface area contributed by atoms with E-state index in [-0.39, 0.29) is 48.8 Å². The van der Waals surface area contributed by atoms with Crippen LogP contribution in [0.4, 0.5) is 14.6 Å². The number of piperazine rings is 1. The van der Waals surface area contributed by atoms with Gasteiger partial charge in [-0.3, -0.25) is 14.7 Å². The minimum atomic E-state index is -1.09. The molecule has 244 valence electrons. The van der Waals surface area contributed by atoms with Crippen LogP contribution in [0.3, 0.4) is 0 Å². The third-order valence-corrected chi connectivity index (χ3v) is 9.92. The van der Waals surface area contributed by atoms with E-state index in [9.17, 15) is 14.4 Å². The summed E-state index contributed by atoms with van der Waals surface area (Å²) in [6.07, 6.45) is 9.13. The van der Waals surface area contributed by atoms with Gasteiger partial charge < -0.3 is 14.5 Å². The Kier molecular flexibility index (Phi) is 9.26. The van der Waals surface area contributed by atoms with Crippen LogP contribution in [0.1, 0.15) is 44.7 Å². The van der Waals surface area contributed by atoms with E-state index in [4.69, 9.17) is 21.3 Å². The molecular weight excluding hydrogens is 624 g/mol. The fourth-order valence-electron chi connectivity index (χ4n) is 7.32. The highest BCUT2D eigenvalue weighted by atomic mass is 35.5.